The molecule has 0 amide bonds. The zero-order chi connectivity index (χ0) is 6.04. The summed E-state index contributed by atoms with van der Waals surface area (Å²) < 4.78 is -0.146. The van der Waals surface area contributed by atoms with Crippen LogP contribution in [0.15, 0.2) is 24.3 Å². The van der Waals surface area contributed by atoms with Gasteiger partial charge in [-0.15, -0.1) is 11.6 Å². The van der Waals surface area contributed by atoms with Gasteiger partial charge in [0.1, 0.15) is 2.88 Å². The Kier molecular flexibility index (Phi) is 1.98. The maximum Gasteiger partial charge on any atom is 0.117 e. The van der Waals surface area contributed by atoms with E-state index in [1.165, 1.54) is 0 Å². The third kappa shape index (κ3) is 1.78. The van der Waals surface area contributed by atoms with Crippen molar-refractivity contribution in [1.29, 1.82) is 0 Å². The molecule has 0 radical (unpaired) electrons. The lowest BCUT2D eigenvalue weighted by atomic mass is 10.2. The lowest BCUT2D eigenvalue weighted by molar-refractivity contribution is 1.01. The Hall–Kier alpha value is 0.500. The van der Waals surface area contributed by atoms with Gasteiger partial charge in [-0.1, -0.05) is 46.9 Å². The van der Waals surface area contributed by atoms with Gasteiger partial charge in [0.05, 0.1) is 0 Å². The molecular weight excluding hydrogens is 234 g/mol. The van der Waals surface area contributed by atoms with E-state index in [9.17, 15) is 0 Å². The highest BCUT2D eigenvalue weighted by Gasteiger charge is 2.17. The minimum Gasteiger partial charge on any atom is -0.103 e. The molecule has 2 heteroatoms. The van der Waals surface area contributed by atoms with Crippen LogP contribution in [0, 0.1) is 0 Å². The number of hydrogen-bond acceptors (Lipinski definition) is 0. The molecule has 0 saturated carbocycles. The van der Waals surface area contributed by atoms with Gasteiger partial charge < -0.3 is 0 Å². The molecule has 44 valence electrons. The van der Waals surface area contributed by atoms with Crippen molar-refractivity contribution in [2.75, 3.05) is 0 Å². The molecule has 0 aliphatic heterocycles. The van der Waals surface area contributed by atoms with Crippen LogP contribution in [-0.2, 0) is 0 Å². The standard InChI is InChI=1S/C6H6ClI/c7-6(8)4-2-1-3-5-6/h1-4H,5H2. The third-order valence-electron chi connectivity index (χ3n) is 0.977. The van der Waals surface area contributed by atoms with Crippen LogP contribution in [0.2, 0.25) is 0 Å². The number of allylic oxidation sites excluding steroid dienone is 4. The van der Waals surface area contributed by atoms with Gasteiger partial charge >= 0.3 is 0 Å². The largest absolute Gasteiger partial charge is 0.117 e. The fraction of sp³-hybridized carbons (Fsp3) is 0.333. The van der Waals surface area contributed by atoms with E-state index in [1.54, 1.807) is 0 Å². The number of rotatable bonds is 0. The van der Waals surface area contributed by atoms with Crippen LogP contribution in [0.1, 0.15) is 6.42 Å². The average molecular weight is 240 g/mol. The monoisotopic (exact) mass is 240 g/mol. The average Bonchev–Trinajstić information content (AvgIpc) is 1.65. The summed E-state index contributed by atoms with van der Waals surface area (Å²) >= 11 is 8.14. The maximum absolute atomic E-state index is 5.92. The molecule has 1 rings (SSSR count). The molecule has 1 atom stereocenters. The Morgan fingerprint density at radius 1 is 1.50 bits per heavy atom. The van der Waals surface area contributed by atoms with E-state index in [4.69, 9.17) is 11.6 Å². The summed E-state index contributed by atoms with van der Waals surface area (Å²) in [6.07, 6.45) is 8.99. The first-order valence-corrected chi connectivity index (χ1v) is 3.89. The van der Waals surface area contributed by atoms with E-state index >= 15 is 0 Å². The Balaban J connectivity index is 2.65. The van der Waals surface area contributed by atoms with E-state index < -0.39 is 0 Å². The van der Waals surface area contributed by atoms with Gasteiger partial charge in [0.25, 0.3) is 0 Å². The van der Waals surface area contributed by atoms with Crippen molar-refractivity contribution in [2.45, 2.75) is 9.30 Å². The molecule has 0 heterocycles. The van der Waals surface area contributed by atoms with E-state index in [0.717, 1.165) is 6.42 Å². The normalized spacial score (nSPS) is 35.8. The highest BCUT2D eigenvalue weighted by molar-refractivity contribution is 14.1. The van der Waals surface area contributed by atoms with E-state index in [2.05, 4.69) is 28.7 Å². The molecule has 0 saturated heterocycles. The maximum atomic E-state index is 5.92. The molecule has 0 N–H and O–H groups in total. The van der Waals surface area contributed by atoms with Crippen LogP contribution in [0.4, 0.5) is 0 Å². The first-order valence-electron chi connectivity index (χ1n) is 2.43. The van der Waals surface area contributed by atoms with Crippen molar-refractivity contribution in [1.82, 2.24) is 0 Å². The van der Waals surface area contributed by atoms with Crippen LogP contribution in [-0.4, -0.2) is 2.88 Å². The molecular formula is C6H6ClI. The van der Waals surface area contributed by atoms with Crippen molar-refractivity contribution in [3.63, 3.8) is 0 Å². The van der Waals surface area contributed by atoms with Crippen LogP contribution < -0.4 is 0 Å². The Morgan fingerprint density at radius 3 is 2.50 bits per heavy atom. The summed E-state index contributed by atoms with van der Waals surface area (Å²) in [5.74, 6) is 0. The van der Waals surface area contributed by atoms with Gasteiger partial charge in [0.15, 0.2) is 0 Å². The Morgan fingerprint density at radius 2 is 2.25 bits per heavy atom. The van der Waals surface area contributed by atoms with Crippen molar-refractivity contribution in [2.24, 2.45) is 0 Å². The minimum absolute atomic E-state index is 0.146. The third-order valence-corrected chi connectivity index (χ3v) is 2.06. The van der Waals surface area contributed by atoms with E-state index in [0.29, 0.717) is 0 Å². The van der Waals surface area contributed by atoms with Gasteiger partial charge in [0.2, 0.25) is 0 Å². The fourth-order valence-corrected chi connectivity index (χ4v) is 1.19. The highest BCUT2D eigenvalue weighted by Crippen LogP contribution is 2.32. The molecule has 0 nitrogen and oxygen atoms in total. The van der Waals surface area contributed by atoms with Gasteiger partial charge in [-0.3, -0.25) is 0 Å². The highest BCUT2D eigenvalue weighted by atomic mass is 127. The summed E-state index contributed by atoms with van der Waals surface area (Å²) in [6.45, 7) is 0. The molecule has 1 aliphatic carbocycles. The van der Waals surface area contributed by atoms with Gasteiger partial charge in [-0.05, 0) is 6.42 Å². The number of halogens is 2. The van der Waals surface area contributed by atoms with Crippen LogP contribution in [0.3, 0.4) is 0 Å². The SMILES string of the molecule is ClC1(I)C=CC=CC1. The molecule has 0 aromatic carbocycles. The van der Waals surface area contributed by atoms with Crippen molar-refractivity contribution in [3.8, 4) is 0 Å². The second kappa shape index (κ2) is 2.40. The van der Waals surface area contributed by atoms with Crippen molar-refractivity contribution in [3.05, 3.63) is 24.3 Å². The lowest BCUT2D eigenvalue weighted by Gasteiger charge is -2.13. The molecule has 0 spiro atoms. The van der Waals surface area contributed by atoms with Gasteiger partial charge in [0, 0.05) is 0 Å². The van der Waals surface area contributed by atoms with Crippen LogP contribution in [0.5, 0.6) is 0 Å². The summed E-state index contributed by atoms with van der Waals surface area (Å²) in [6, 6.07) is 0. The second-order valence-electron chi connectivity index (χ2n) is 1.75. The lowest BCUT2D eigenvalue weighted by Crippen LogP contribution is -2.06. The summed E-state index contributed by atoms with van der Waals surface area (Å²) in [5, 5.41) is 0. The predicted octanol–water partition coefficient (Wildman–Crippen LogP) is 2.87. The van der Waals surface area contributed by atoms with Gasteiger partial charge in [-0.25, -0.2) is 0 Å². The summed E-state index contributed by atoms with van der Waals surface area (Å²) in [7, 11) is 0. The van der Waals surface area contributed by atoms with Crippen molar-refractivity contribution >= 4 is 34.2 Å². The zero-order valence-corrected chi connectivity index (χ0v) is 7.19. The Bertz CT molecular complexity index is 135. The minimum atomic E-state index is -0.146. The van der Waals surface area contributed by atoms with Crippen molar-refractivity contribution < 1.29 is 0 Å². The number of hydrogen-bond donors (Lipinski definition) is 0. The second-order valence-corrected chi connectivity index (χ2v) is 4.99. The van der Waals surface area contributed by atoms with E-state index in [-0.39, 0.29) is 2.88 Å². The summed E-state index contributed by atoms with van der Waals surface area (Å²) in [5.41, 5.74) is 0. The fourth-order valence-electron chi connectivity index (χ4n) is 0.568. The van der Waals surface area contributed by atoms with Crippen LogP contribution in [0.25, 0.3) is 0 Å². The van der Waals surface area contributed by atoms with Crippen LogP contribution >= 0.6 is 34.2 Å². The summed E-state index contributed by atoms with van der Waals surface area (Å²) in [4.78, 5) is 0. The molecule has 0 bridgehead atoms. The molecule has 8 heavy (non-hydrogen) atoms. The first-order chi connectivity index (χ1) is 3.71. The number of alkyl halides is 2. The molecule has 1 unspecified atom stereocenters. The quantitative estimate of drug-likeness (QED) is 0.451. The predicted molar refractivity (Wildman–Crippen MR) is 45.5 cm³/mol. The van der Waals surface area contributed by atoms with Gasteiger partial charge in [-0.2, -0.15) is 0 Å². The Labute approximate surface area is 67.7 Å². The molecule has 0 aromatic heterocycles. The zero-order valence-electron chi connectivity index (χ0n) is 4.27. The first kappa shape index (κ1) is 6.62. The molecule has 0 aromatic rings. The molecule has 0 fully saturated rings. The van der Waals surface area contributed by atoms with E-state index in [1.807, 2.05) is 18.2 Å². The topological polar surface area (TPSA) is 0 Å². The molecule has 1 aliphatic rings. The smallest absolute Gasteiger partial charge is 0.103 e.